The van der Waals surface area contributed by atoms with Gasteiger partial charge < -0.3 is 22.1 Å². The van der Waals surface area contributed by atoms with Gasteiger partial charge in [-0.1, -0.05) is 168 Å². The van der Waals surface area contributed by atoms with E-state index in [2.05, 4.69) is 41.6 Å². The predicted molar refractivity (Wildman–Crippen MR) is 207 cm³/mol. The minimum Gasteiger partial charge on any atom is -0.370 e. The molecule has 0 aromatic rings. The summed E-state index contributed by atoms with van der Waals surface area (Å²) in [4.78, 5) is 29.5. The number of nitrogens with one attached hydrogen (secondary N) is 2. The maximum Gasteiger partial charge on any atom is 0.242 e. The largest absolute Gasteiger partial charge is 0.370 e. The summed E-state index contributed by atoms with van der Waals surface area (Å²) in [5.74, 6) is -0.210. The maximum absolute atomic E-state index is 12.9. The molecule has 0 heterocycles. The molecule has 0 rings (SSSR count). The number of nitrogens with two attached hydrogens (primary N) is 2. The van der Waals surface area contributed by atoms with E-state index in [0.29, 0.717) is 25.9 Å². The number of rotatable bonds is 35. The SMILES string of the molecule is C.CCCCCCCC/C=C\CCCCCCCC(=O)N[C@@H](CCN=C(N)N)C(=O)NCCCCCCCCCCCCCCCC. The number of nitrogens with zero attached hydrogens (tertiary/aromatic N) is 1. The molecule has 47 heavy (non-hydrogen) atoms. The van der Waals surface area contributed by atoms with Crippen molar-refractivity contribution in [2.24, 2.45) is 16.5 Å². The van der Waals surface area contributed by atoms with Gasteiger partial charge in [0.25, 0.3) is 0 Å². The average molecular weight is 664 g/mol. The van der Waals surface area contributed by atoms with Crippen LogP contribution in [-0.4, -0.2) is 36.9 Å². The van der Waals surface area contributed by atoms with Crippen molar-refractivity contribution in [1.82, 2.24) is 10.6 Å². The van der Waals surface area contributed by atoms with Gasteiger partial charge in [-0.2, -0.15) is 0 Å². The summed E-state index contributed by atoms with van der Waals surface area (Å²) in [5.41, 5.74) is 10.9. The zero-order chi connectivity index (χ0) is 33.8. The second kappa shape index (κ2) is 38.4. The van der Waals surface area contributed by atoms with Crippen LogP contribution in [0.2, 0.25) is 0 Å². The Labute approximate surface area is 292 Å². The third-order valence-electron chi connectivity index (χ3n) is 8.86. The lowest BCUT2D eigenvalue weighted by atomic mass is 10.0. The first-order valence-electron chi connectivity index (χ1n) is 19.8. The van der Waals surface area contributed by atoms with Crippen LogP contribution in [0.4, 0.5) is 0 Å². The van der Waals surface area contributed by atoms with Crippen LogP contribution in [0.3, 0.4) is 0 Å². The molecule has 0 spiro atoms. The van der Waals surface area contributed by atoms with Gasteiger partial charge in [-0.3, -0.25) is 14.6 Å². The Morgan fingerprint density at radius 3 is 1.45 bits per heavy atom. The molecule has 7 nitrogen and oxygen atoms in total. The monoisotopic (exact) mass is 664 g/mol. The first-order valence-corrected chi connectivity index (χ1v) is 19.8. The third kappa shape index (κ3) is 36.6. The van der Waals surface area contributed by atoms with Crippen LogP contribution >= 0.6 is 0 Å². The van der Waals surface area contributed by atoms with Gasteiger partial charge in [0.05, 0.1) is 0 Å². The summed E-state index contributed by atoms with van der Waals surface area (Å²) < 4.78 is 0. The number of unbranched alkanes of at least 4 members (excludes halogenated alkanes) is 24. The van der Waals surface area contributed by atoms with E-state index in [4.69, 9.17) is 11.5 Å². The van der Waals surface area contributed by atoms with E-state index in [1.165, 1.54) is 135 Å². The molecule has 6 N–H and O–H groups in total. The Balaban J connectivity index is 0. The van der Waals surface area contributed by atoms with Crippen molar-refractivity contribution >= 4 is 17.8 Å². The molecule has 0 bridgehead atoms. The third-order valence-corrected chi connectivity index (χ3v) is 8.86. The van der Waals surface area contributed by atoms with Gasteiger partial charge >= 0.3 is 0 Å². The van der Waals surface area contributed by atoms with E-state index in [1.54, 1.807) is 0 Å². The lowest BCUT2D eigenvalue weighted by Gasteiger charge is -2.18. The molecule has 1 atom stereocenters. The zero-order valence-corrected chi connectivity index (χ0v) is 30.6. The van der Waals surface area contributed by atoms with E-state index >= 15 is 0 Å². The Hall–Kier alpha value is -2.05. The predicted octanol–water partition coefficient (Wildman–Crippen LogP) is 10.4. The summed E-state index contributed by atoms with van der Waals surface area (Å²) in [7, 11) is 0. The van der Waals surface area contributed by atoms with Crippen LogP contribution in [0.5, 0.6) is 0 Å². The molecule has 0 aliphatic carbocycles. The highest BCUT2D eigenvalue weighted by Gasteiger charge is 2.20. The van der Waals surface area contributed by atoms with Crippen molar-refractivity contribution in [3.05, 3.63) is 12.2 Å². The number of carbonyl (C=O) groups excluding carboxylic acids is 2. The lowest BCUT2D eigenvalue weighted by molar-refractivity contribution is -0.129. The molecule has 0 unspecified atom stereocenters. The fraction of sp³-hybridized carbons (Fsp3) is 0.875. The van der Waals surface area contributed by atoms with Crippen LogP contribution in [0.25, 0.3) is 0 Å². The normalized spacial score (nSPS) is 11.7. The molecule has 0 fully saturated rings. The number of allylic oxidation sites excluding steroid dienone is 2. The molecule has 0 radical (unpaired) electrons. The van der Waals surface area contributed by atoms with Gasteiger partial charge in [0.15, 0.2) is 5.96 Å². The van der Waals surface area contributed by atoms with E-state index in [-0.39, 0.29) is 25.2 Å². The standard InChI is InChI=1S/C39H77N5O2.CH4/c1-3-5-7-9-11-13-15-17-19-20-22-24-26-28-30-32-37(45)44-36(33-35-43-39(40)41)38(46)42-34-31-29-27-25-23-21-18-16-14-12-10-8-6-4-2;/h17,19,36H,3-16,18,20-35H2,1-2H3,(H,42,46)(H,44,45)(H4,40,41,43);1H4/b19-17-;/t36-;/m0./s1. The van der Waals surface area contributed by atoms with E-state index in [0.717, 1.165) is 38.5 Å². The summed E-state index contributed by atoms with van der Waals surface area (Å²) >= 11 is 0. The van der Waals surface area contributed by atoms with Gasteiger partial charge in [-0.05, 0) is 44.9 Å². The van der Waals surface area contributed by atoms with Gasteiger partial charge in [-0.25, -0.2) is 0 Å². The number of hydrogen-bond donors (Lipinski definition) is 4. The first-order chi connectivity index (χ1) is 22.5. The van der Waals surface area contributed by atoms with Crippen LogP contribution in [0.15, 0.2) is 17.1 Å². The van der Waals surface area contributed by atoms with Gasteiger partial charge in [0.1, 0.15) is 6.04 Å². The number of amides is 2. The average Bonchev–Trinajstić information content (AvgIpc) is 3.04. The maximum atomic E-state index is 12.9. The Morgan fingerprint density at radius 1 is 0.596 bits per heavy atom. The van der Waals surface area contributed by atoms with Crippen molar-refractivity contribution in [3.8, 4) is 0 Å². The van der Waals surface area contributed by atoms with Gasteiger partial charge in [0, 0.05) is 19.5 Å². The molecule has 7 heteroatoms. The second-order valence-electron chi connectivity index (χ2n) is 13.4. The number of aliphatic imine (C=N–C) groups is 1. The van der Waals surface area contributed by atoms with Crippen molar-refractivity contribution in [2.75, 3.05) is 13.1 Å². The Morgan fingerprint density at radius 2 is 1.00 bits per heavy atom. The van der Waals surface area contributed by atoms with Crippen molar-refractivity contribution in [1.29, 1.82) is 0 Å². The molecule has 0 aromatic carbocycles. The molecule has 278 valence electrons. The summed E-state index contributed by atoms with van der Waals surface area (Å²) in [6.45, 7) is 5.49. The number of hydrogen-bond acceptors (Lipinski definition) is 3. The van der Waals surface area contributed by atoms with E-state index < -0.39 is 6.04 Å². The van der Waals surface area contributed by atoms with E-state index in [9.17, 15) is 9.59 Å². The highest BCUT2D eigenvalue weighted by Crippen LogP contribution is 2.13. The number of guanidine groups is 1. The van der Waals surface area contributed by atoms with Crippen molar-refractivity contribution < 1.29 is 9.59 Å². The van der Waals surface area contributed by atoms with Gasteiger partial charge in [-0.15, -0.1) is 0 Å². The Kier molecular flexibility index (Phi) is 38.5. The molecule has 0 aromatic heterocycles. The zero-order valence-electron chi connectivity index (χ0n) is 30.6. The first kappa shape index (κ1) is 47.1. The highest BCUT2D eigenvalue weighted by molar-refractivity contribution is 5.87. The number of carbonyl (C=O) groups is 2. The van der Waals surface area contributed by atoms with Crippen molar-refractivity contribution in [3.63, 3.8) is 0 Å². The van der Waals surface area contributed by atoms with Crippen LogP contribution in [0.1, 0.15) is 207 Å². The molecule has 0 saturated carbocycles. The molecule has 0 saturated heterocycles. The quantitative estimate of drug-likeness (QED) is 0.0233. The Bertz CT molecular complexity index is 736. The smallest absolute Gasteiger partial charge is 0.242 e. The van der Waals surface area contributed by atoms with Crippen molar-refractivity contribution in [2.45, 2.75) is 214 Å². The molecular formula is C40H81N5O2. The van der Waals surface area contributed by atoms with Crippen LogP contribution in [-0.2, 0) is 9.59 Å². The van der Waals surface area contributed by atoms with E-state index in [1.807, 2.05) is 0 Å². The van der Waals surface area contributed by atoms with Crippen LogP contribution < -0.4 is 22.1 Å². The van der Waals surface area contributed by atoms with Crippen LogP contribution in [0, 0.1) is 0 Å². The minimum absolute atomic E-state index is 0. The molecule has 2 amide bonds. The summed E-state index contributed by atoms with van der Waals surface area (Å²) in [5, 5.41) is 5.95. The lowest BCUT2D eigenvalue weighted by Crippen LogP contribution is -2.47. The molecule has 0 aliphatic rings. The van der Waals surface area contributed by atoms with Gasteiger partial charge in [0.2, 0.25) is 11.8 Å². The fourth-order valence-corrected chi connectivity index (χ4v) is 5.87. The summed E-state index contributed by atoms with van der Waals surface area (Å²) in [6.07, 6.45) is 39.8. The topological polar surface area (TPSA) is 123 Å². The molecule has 0 aliphatic heterocycles. The minimum atomic E-state index is -0.606. The second-order valence-corrected chi connectivity index (χ2v) is 13.4. The molecular weight excluding hydrogens is 582 g/mol. The highest BCUT2D eigenvalue weighted by atomic mass is 16.2. The summed E-state index contributed by atoms with van der Waals surface area (Å²) in [6, 6.07) is -0.606. The fourth-order valence-electron chi connectivity index (χ4n) is 5.87.